The molecule has 0 radical (unpaired) electrons. The first-order valence-corrected chi connectivity index (χ1v) is 5.90. The number of carbonyl (C=O) groups is 1. The van der Waals surface area contributed by atoms with Crippen molar-refractivity contribution in [1.29, 1.82) is 0 Å². The van der Waals surface area contributed by atoms with Crippen molar-refractivity contribution in [2.75, 3.05) is 6.61 Å². The molecule has 0 aliphatic carbocycles. The molecule has 0 fully saturated rings. The Labute approximate surface area is 102 Å². The Kier molecular flexibility index (Phi) is 3.14. The fraction of sp³-hybridized carbons (Fsp3) is 0.364. The zero-order chi connectivity index (χ0) is 10.8. The Hall–Kier alpha value is -0.780. The molecule has 0 amide bonds. The van der Waals surface area contributed by atoms with Crippen molar-refractivity contribution in [3.63, 3.8) is 0 Å². The number of hydrogen-bond donors (Lipinski definition) is 1. The molecule has 0 aromatic heterocycles. The van der Waals surface area contributed by atoms with Crippen molar-refractivity contribution in [2.45, 2.75) is 19.3 Å². The van der Waals surface area contributed by atoms with E-state index in [9.17, 15) is 4.79 Å². The Morgan fingerprint density at radius 2 is 2.33 bits per heavy atom. The lowest BCUT2D eigenvalue weighted by Crippen LogP contribution is -2.10. The van der Waals surface area contributed by atoms with Gasteiger partial charge in [-0.2, -0.15) is 0 Å². The minimum absolute atomic E-state index is 0.0644. The SMILES string of the molecule is O=C(O)Cc1cc2c(cc1I)CCCO2. The summed E-state index contributed by atoms with van der Waals surface area (Å²) in [4.78, 5) is 10.6. The second-order valence-electron chi connectivity index (χ2n) is 3.57. The van der Waals surface area contributed by atoms with Crippen LogP contribution in [0.2, 0.25) is 0 Å². The quantitative estimate of drug-likeness (QED) is 0.851. The first kappa shape index (κ1) is 10.7. The maximum absolute atomic E-state index is 10.6. The van der Waals surface area contributed by atoms with E-state index in [0.717, 1.165) is 34.3 Å². The van der Waals surface area contributed by atoms with Crippen molar-refractivity contribution in [3.8, 4) is 5.75 Å². The summed E-state index contributed by atoms with van der Waals surface area (Å²) in [6.07, 6.45) is 2.13. The molecule has 0 unspecified atom stereocenters. The number of benzene rings is 1. The van der Waals surface area contributed by atoms with E-state index in [1.807, 2.05) is 12.1 Å². The molecule has 1 aliphatic rings. The fourth-order valence-corrected chi connectivity index (χ4v) is 2.43. The minimum Gasteiger partial charge on any atom is -0.493 e. The van der Waals surface area contributed by atoms with Crippen LogP contribution in [0.25, 0.3) is 0 Å². The highest BCUT2D eigenvalue weighted by Gasteiger charge is 2.14. The minimum atomic E-state index is -0.802. The zero-order valence-electron chi connectivity index (χ0n) is 8.12. The summed E-state index contributed by atoms with van der Waals surface area (Å²) in [5.74, 6) is 0.0570. The van der Waals surface area contributed by atoms with Crippen molar-refractivity contribution >= 4 is 28.6 Å². The molecule has 0 atom stereocenters. The van der Waals surface area contributed by atoms with E-state index in [1.54, 1.807) is 0 Å². The summed E-state index contributed by atoms with van der Waals surface area (Å²) in [5.41, 5.74) is 2.03. The van der Waals surface area contributed by atoms with Crippen LogP contribution >= 0.6 is 22.6 Å². The monoisotopic (exact) mass is 318 g/mol. The van der Waals surface area contributed by atoms with Crippen molar-refractivity contribution in [2.24, 2.45) is 0 Å². The van der Waals surface area contributed by atoms with Gasteiger partial charge in [0, 0.05) is 3.57 Å². The average molecular weight is 318 g/mol. The van der Waals surface area contributed by atoms with Crippen LogP contribution in [0.15, 0.2) is 12.1 Å². The van der Waals surface area contributed by atoms with Gasteiger partial charge >= 0.3 is 5.97 Å². The van der Waals surface area contributed by atoms with Crippen LogP contribution in [0.1, 0.15) is 17.5 Å². The maximum Gasteiger partial charge on any atom is 0.307 e. The van der Waals surface area contributed by atoms with Crippen LogP contribution in [0.4, 0.5) is 0 Å². The molecule has 1 aliphatic heterocycles. The molecule has 3 nitrogen and oxygen atoms in total. The zero-order valence-corrected chi connectivity index (χ0v) is 10.3. The topological polar surface area (TPSA) is 46.5 Å². The molecule has 1 N–H and O–H groups in total. The van der Waals surface area contributed by atoms with E-state index < -0.39 is 5.97 Å². The lowest BCUT2D eigenvalue weighted by atomic mass is 10.0. The highest BCUT2D eigenvalue weighted by molar-refractivity contribution is 14.1. The van der Waals surface area contributed by atoms with Gasteiger partial charge in [0.1, 0.15) is 5.75 Å². The van der Waals surface area contributed by atoms with Crippen LogP contribution in [0.3, 0.4) is 0 Å². The molecule has 1 aromatic rings. The van der Waals surface area contributed by atoms with Gasteiger partial charge in [0.25, 0.3) is 0 Å². The molecule has 4 heteroatoms. The number of carboxylic acids is 1. The van der Waals surface area contributed by atoms with Crippen LogP contribution < -0.4 is 4.74 Å². The lowest BCUT2D eigenvalue weighted by Gasteiger charge is -2.18. The van der Waals surface area contributed by atoms with Crippen molar-refractivity contribution in [3.05, 3.63) is 26.8 Å². The standard InChI is InChI=1S/C11H11IO3/c12-9-4-7-2-1-3-15-10(7)5-8(9)6-11(13)14/h4-5H,1-3,6H2,(H,13,14). The van der Waals surface area contributed by atoms with Gasteiger partial charge in [0.2, 0.25) is 0 Å². The van der Waals surface area contributed by atoms with E-state index in [2.05, 4.69) is 22.6 Å². The summed E-state index contributed by atoms with van der Waals surface area (Å²) in [6, 6.07) is 3.90. The molecular weight excluding hydrogens is 307 g/mol. The first-order chi connectivity index (χ1) is 7.16. The van der Waals surface area contributed by atoms with E-state index in [4.69, 9.17) is 9.84 Å². The normalized spacial score (nSPS) is 14.2. The average Bonchev–Trinajstić information content (AvgIpc) is 2.18. The van der Waals surface area contributed by atoms with Crippen molar-refractivity contribution < 1.29 is 14.6 Å². The van der Waals surface area contributed by atoms with Gasteiger partial charge in [0.15, 0.2) is 0 Å². The molecule has 1 aromatic carbocycles. The van der Waals surface area contributed by atoms with Gasteiger partial charge in [-0.1, -0.05) is 0 Å². The number of rotatable bonds is 2. The third-order valence-electron chi connectivity index (χ3n) is 2.42. The van der Waals surface area contributed by atoms with Crippen LogP contribution in [0, 0.1) is 3.57 Å². The molecule has 2 rings (SSSR count). The molecule has 80 valence electrons. The van der Waals surface area contributed by atoms with Gasteiger partial charge in [-0.15, -0.1) is 0 Å². The molecule has 15 heavy (non-hydrogen) atoms. The summed E-state index contributed by atoms with van der Waals surface area (Å²) >= 11 is 2.18. The number of ether oxygens (including phenoxy) is 1. The Morgan fingerprint density at radius 3 is 3.07 bits per heavy atom. The second kappa shape index (κ2) is 4.38. The molecule has 0 bridgehead atoms. The summed E-state index contributed by atoms with van der Waals surface area (Å²) in [5, 5.41) is 8.75. The van der Waals surface area contributed by atoms with Gasteiger partial charge in [-0.25, -0.2) is 0 Å². The Bertz CT molecular complexity index is 401. The Morgan fingerprint density at radius 1 is 1.53 bits per heavy atom. The number of hydrogen-bond acceptors (Lipinski definition) is 2. The molecule has 0 saturated heterocycles. The molecule has 0 spiro atoms. The third-order valence-corrected chi connectivity index (χ3v) is 3.42. The highest BCUT2D eigenvalue weighted by Crippen LogP contribution is 2.29. The molecular formula is C11H11IO3. The fourth-order valence-electron chi connectivity index (χ4n) is 1.71. The number of halogens is 1. The summed E-state index contributed by atoms with van der Waals surface area (Å²) < 4.78 is 6.52. The largest absolute Gasteiger partial charge is 0.493 e. The van der Waals surface area contributed by atoms with E-state index >= 15 is 0 Å². The van der Waals surface area contributed by atoms with Crippen LogP contribution in [-0.4, -0.2) is 17.7 Å². The number of aliphatic carboxylic acids is 1. The molecule has 1 heterocycles. The van der Waals surface area contributed by atoms with Crippen molar-refractivity contribution in [1.82, 2.24) is 0 Å². The predicted molar refractivity (Wildman–Crippen MR) is 64.3 cm³/mol. The molecule has 0 saturated carbocycles. The number of fused-ring (bicyclic) bond motifs is 1. The number of aryl methyl sites for hydroxylation is 1. The third kappa shape index (κ3) is 2.42. The van der Waals surface area contributed by atoms with E-state index in [0.29, 0.717) is 0 Å². The summed E-state index contributed by atoms with van der Waals surface area (Å²) in [6.45, 7) is 0.736. The van der Waals surface area contributed by atoms with Gasteiger partial charge < -0.3 is 9.84 Å². The number of carboxylic acid groups (broad SMARTS) is 1. The maximum atomic E-state index is 10.6. The van der Waals surface area contributed by atoms with Gasteiger partial charge in [0.05, 0.1) is 13.0 Å². The van der Waals surface area contributed by atoms with E-state index in [1.165, 1.54) is 5.56 Å². The van der Waals surface area contributed by atoms with Gasteiger partial charge in [-0.3, -0.25) is 4.79 Å². The predicted octanol–water partition coefficient (Wildman–Crippen LogP) is 2.24. The second-order valence-corrected chi connectivity index (χ2v) is 4.74. The summed E-state index contributed by atoms with van der Waals surface area (Å²) in [7, 11) is 0. The highest BCUT2D eigenvalue weighted by atomic mass is 127. The lowest BCUT2D eigenvalue weighted by molar-refractivity contribution is -0.136. The first-order valence-electron chi connectivity index (χ1n) is 4.82. The smallest absolute Gasteiger partial charge is 0.307 e. The Balaban J connectivity index is 2.36. The van der Waals surface area contributed by atoms with Gasteiger partial charge in [-0.05, 0) is 58.7 Å². The van der Waals surface area contributed by atoms with Crippen LogP contribution in [-0.2, 0) is 17.6 Å². The van der Waals surface area contributed by atoms with E-state index in [-0.39, 0.29) is 6.42 Å². The van der Waals surface area contributed by atoms with Crippen LogP contribution in [0.5, 0.6) is 5.75 Å².